The van der Waals surface area contributed by atoms with Gasteiger partial charge in [0.15, 0.2) is 0 Å². The largest absolute Gasteiger partial charge is 0.507 e. The van der Waals surface area contributed by atoms with Gasteiger partial charge in [-0.15, -0.1) is 0 Å². The zero-order valence-corrected chi connectivity index (χ0v) is 20.7. The molecule has 7 heteroatoms. The maximum Gasteiger partial charge on any atom is 0.295 e. The monoisotopic (exact) mass is 478 g/mol. The Balaban J connectivity index is 2.06. The second kappa shape index (κ2) is 12.2. The lowest BCUT2D eigenvalue weighted by Gasteiger charge is -2.28. The number of likely N-dealkylation sites (tertiary alicyclic amines) is 1. The van der Waals surface area contributed by atoms with Gasteiger partial charge in [-0.05, 0) is 62.0 Å². The van der Waals surface area contributed by atoms with Gasteiger partial charge in [-0.25, -0.2) is 0 Å². The minimum atomic E-state index is -0.720. The standard InChI is InChI=1S/C28H34N2O5/c1-5-18-35-22-14-12-20(13-15-22)26(31)24-25(21-10-9-11-23(19-21)34-8-4)30(28(33)27(24)32)17-16-29(6-2)7-3/h5,9-15,19,25,31H,1,6-8,16-18H2,2-4H3/t25-/m1/s1. The molecule has 0 spiro atoms. The van der Waals surface area contributed by atoms with Crippen LogP contribution < -0.4 is 9.47 Å². The first kappa shape index (κ1) is 26.0. The molecule has 0 saturated carbocycles. The first-order valence-electron chi connectivity index (χ1n) is 12.0. The molecule has 35 heavy (non-hydrogen) atoms. The van der Waals surface area contributed by atoms with Crippen LogP contribution in [0.3, 0.4) is 0 Å². The van der Waals surface area contributed by atoms with Crippen LogP contribution in [-0.2, 0) is 9.59 Å². The lowest BCUT2D eigenvalue weighted by Crippen LogP contribution is -2.38. The second-order valence-corrected chi connectivity index (χ2v) is 8.15. The van der Waals surface area contributed by atoms with Gasteiger partial charge in [0.1, 0.15) is 23.9 Å². The van der Waals surface area contributed by atoms with Crippen molar-refractivity contribution in [1.29, 1.82) is 0 Å². The molecule has 2 aromatic carbocycles. The van der Waals surface area contributed by atoms with E-state index in [1.807, 2.05) is 31.2 Å². The minimum Gasteiger partial charge on any atom is -0.507 e. The molecule has 1 amide bonds. The number of benzene rings is 2. The molecule has 1 saturated heterocycles. The zero-order chi connectivity index (χ0) is 25.4. The number of rotatable bonds is 12. The van der Waals surface area contributed by atoms with E-state index in [9.17, 15) is 14.7 Å². The predicted octanol–water partition coefficient (Wildman–Crippen LogP) is 4.41. The van der Waals surface area contributed by atoms with Gasteiger partial charge in [0.25, 0.3) is 11.7 Å². The molecule has 1 N–H and O–H groups in total. The minimum absolute atomic E-state index is 0.0722. The Labute approximate surface area is 207 Å². The highest BCUT2D eigenvalue weighted by molar-refractivity contribution is 6.46. The molecule has 186 valence electrons. The van der Waals surface area contributed by atoms with Gasteiger partial charge in [-0.2, -0.15) is 0 Å². The van der Waals surface area contributed by atoms with Crippen molar-refractivity contribution in [3.63, 3.8) is 0 Å². The van der Waals surface area contributed by atoms with Gasteiger partial charge in [0.05, 0.1) is 18.2 Å². The predicted molar refractivity (Wildman–Crippen MR) is 137 cm³/mol. The molecular weight excluding hydrogens is 444 g/mol. The number of ether oxygens (including phenoxy) is 2. The van der Waals surface area contributed by atoms with Crippen LogP contribution in [0.15, 0.2) is 66.8 Å². The average Bonchev–Trinajstić information content (AvgIpc) is 3.13. The van der Waals surface area contributed by atoms with Crippen molar-refractivity contribution in [3.8, 4) is 11.5 Å². The van der Waals surface area contributed by atoms with Crippen LogP contribution >= 0.6 is 0 Å². The number of carbonyl (C=O) groups is 2. The first-order valence-corrected chi connectivity index (χ1v) is 12.0. The fourth-order valence-corrected chi connectivity index (χ4v) is 4.21. The van der Waals surface area contributed by atoms with Gasteiger partial charge < -0.3 is 24.4 Å². The summed E-state index contributed by atoms with van der Waals surface area (Å²) >= 11 is 0. The van der Waals surface area contributed by atoms with E-state index in [4.69, 9.17) is 9.47 Å². The number of ketones is 1. The summed E-state index contributed by atoms with van der Waals surface area (Å²) in [6, 6.07) is 13.4. The molecule has 1 fully saturated rings. The Morgan fingerprint density at radius 1 is 1.06 bits per heavy atom. The summed E-state index contributed by atoms with van der Waals surface area (Å²) < 4.78 is 11.2. The summed E-state index contributed by atoms with van der Waals surface area (Å²) in [4.78, 5) is 30.1. The fourth-order valence-electron chi connectivity index (χ4n) is 4.21. The molecule has 0 aliphatic carbocycles. The number of likely N-dealkylation sites (N-methyl/N-ethyl adjacent to an activating group) is 1. The van der Waals surface area contributed by atoms with Crippen LogP contribution in [0.2, 0.25) is 0 Å². The first-order chi connectivity index (χ1) is 16.9. The Bertz CT molecular complexity index is 1070. The highest BCUT2D eigenvalue weighted by Gasteiger charge is 2.46. The van der Waals surface area contributed by atoms with Crippen LogP contribution in [0.4, 0.5) is 0 Å². The molecule has 2 aromatic rings. The molecule has 0 bridgehead atoms. The molecule has 0 aromatic heterocycles. The molecule has 3 rings (SSSR count). The van der Waals surface area contributed by atoms with Crippen molar-refractivity contribution in [3.05, 3.63) is 77.9 Å². The van der Waals surface area contributed by atoms with E-state index in [-0.39, 0.29) is 11.3 Å². The van der Waals surface area contributed by atoms with Crippen molar-refractivity contribution in [2.75, 3.05) is 39.4 Å². The Hall–Kier alpha value is -3.58. The number of amides is 1. The maximum absolute atomic E-state index is 13.2. The smallest absolute Gasteiger partial charge is 0.295 e. The summed E-state index contributed by atoms with van der Waals surface area (Å²) in [5.41, 5.74) is 1.22. The van der Waals surface area contributed by atoms with E-state index in [1.165, 1.54) is 0 Å². The van der Waals surface area contributed by atoms with Crippen molar-refractivity contribution >= 4 is 17.4 Å². The number of nitrogens with zero attached hydrogens (tertiary/aromatic N) is 2. The molecule has 1 aliphatic heterocycles. The van der Waals surface area contributed by atoms with Gasteiger partial charge >= 0.3 is 0 Å². The lowest BCUT2D eigenvalue weighted by atomic mass is 9.95. The maximum atomic E-state index is 13.2. The molecule has 1 aliphatic rings. The van der Waals surface area contributed by atoms with Crippen molar-refractivity contribution in [2.45, 2.75) is 26.8 Å². The third kappa shape index (κ3) is 5.92. The second-order valence-electron chi connectivity index (χ2n) is 8.15. The molecule has 1 heterocycles. The van der Waals surface area contributed by atoms with Crippen molar-refractivity contribution in [1.82, 2.24) is 9.80 Å². The van der Waals surface area contributed by atoms with E-state index < -0.39 is 17.7 Å². The molecule has 0 unspecified atom stereocenters. The van der Waals surface area contributed by atoms with Crippen LogP contribution in [0.5, 0.6) is 11.5 Å². The van der Waals surface area contributed by atoms with Gasteiger partial charge in [-0.3, -0.25) is 9.59 Å². The summed E-state index contributed by atoms with van der Waals surface area (Å²) in [6.45, 7) is 13.2. The summed E-state index contributed by atoms with van der Waals surface area (Å²) in [7, 11) is 0. The van der Waals surface area contributed by atoms with Crippen LogP contribution in [0.25, 0.3) is 5.76 Å². The van der Waals surface area contributed by atoms with Gasteiger partial charge in [0, 0.05) is 18.7 Å². The lowest BCUT2D eigenvalue weighted by molar-refractivity contribution is -0.140. The molecule has 0 radical (unpaired) electrons. The van der Waals surface area contributed by atoms with E-state index in [0.717, 1.165) is 13.1 Å². The third-order valence-corrected chi connectivity index (χ3v) is 6.07. The Morgan fingerprint density at radius 3 is 2.40 bits per heavy atom. The summed E-state index contributed by atoms with van der Waals surface area (Å²) in [5, 5.41) is 11.2. The topological polar surface area (TPSA) is 79.3 Å². The number of carbonyl (C=O) groups excluding carboxylic acids is 2. The van der Waals surface area contributed by atoms with Crippen molar-refractivity contribution < 1.29 is 24.2 Å². The van der Waals surface area contributed by atoms with E-state index in [2.05, 4.69) is 25.3 Å². The van der Waals surface area contributed by atoms with Gasteiger partial charge in [-0.1, -0.05) is 38.6 Å². The molecular formula is C28H34N2O5. The highest BCUT2D eigenvalue weighted by atomic mass is 16.5. The average molecular weight is 479 g/mol. The molecule has 1 atom stereocenters. The molecule has 7 nitrogen and oxygen atoms in total. The fraction of sp³-hybridized carbons (Fsp3) is 0.357. The van der Waals surface area contributed by atoms with E-state index in [1.54, 1.807) is 35.2 Å². The highest BCUT2D eigenvalue weighted by Crippen LogP contribution is 2.40. The quantitative estimate of drug-likeness (QED) is 0.211. The summed E-state index contributed by atoms with van der Waals surface area (Å²) in [6.07, 6.45) is 1.64. The Kier molecular flexibility index (Phi) is 9.09. The number of hydrogen-bond donors (Lipinski definition) is 1. The summed E-state index contributed by atoms with van der Waals surface area (Å²) in [5.74, 6) is -0.266. The third-order valence-electron chi connectivity index (χ3n) is 6.07. The number of aliphatic hydroxyl groups excluding tert-OH is 1. The zero-order valence-electron chi connectivity index (χ0n) is 20.7. The van der Waals surface area contributed by atoms with Crippen LogP contribution in [0.1, 0.15) is 37.9 Å². The van der Waals surface area contributed by atoms with Crippen molar-refractivity contribution in [2.24, 2.45) is 0 Å². The SMILES string of the molecule is C=CCOc1ccc(C(O)=C2C(=O)C(=O)N(CCN(CC)CC)[C@@H]2c2cccc(OCC)c2)cc1. The number of hydrogen-bond acceptors (Lipinski definition) is 6. The van der Waals surface area contributed by atoms with Gasteiger partial charge in [0.2, 0.25) is 0 Å². The number of aliphatic hydroxyl groups is 1. The normalized spacial score (nSPS) is 17.1. The van der Waals surface area contributed by atoms with E-state index >= 15 is 0 Å². The van der Waals surface area contributed by atoms with Crippen LogP contribution in [0, 0.1) is 0 Å². The Morgan fingerprint density at radius 2 is 1.77 bits per heavy atom. The van der Waals surface area contributed by atoms with Crippen LogP contribution in [-0.4, -0.2) is 66.0 Å². The van der Waals surface area contributed by atoms with E-state index in [0.29, 0.717) is 48.9 Å². The number of Topliss-reactive ketones (excluding diaryl/α,β-unsaturated/α-hetero) is 1.